The molecule has 0 N–H and O–H groups in total. The molecule has 1 aromatic rings. The van der Waals surface area contributed by atoms with Crippen molar-refractivity contribution in [3.8, 4) is 5.75 Å². The van der Waals surface area contributed by atoms with E-state index in [1.165, 1.54) is 44.1 Å². The highest BCUT2D eigenvalue weighted by Crippen LogP contribution is 2.15. The average molecular weight is 805 g/mol. The SMILES string of the molecule is CCCCCCCCc1ccc(OCCOCCOCCOCCOCCOCCOCCOCCOCCOCCOCCOCCOC(=O)CCC)cc1. The molecule has 0 aliphatic carbocycles. The molecule has 14 heteroatoms. The Morgan fingerprint density at radius 3 is 1.05 bits per heavy atom. The smallest absolute Gasteiger partial charge is 0.305 e. The van der Waals surface area contributed by atoms with Crippen LogP contribution in [0.5, 0.6) is 5.75 Å². The molecule has 0 bridgehead atoms. The van der Waals surface area contributed by atoms with Crippen LogP contribution in [-0.2, 0) is 68.1 Å². The van der Waals surface area contributed by atoms with Gasteiger partial charge >= 0.3 is 5.97 Å². The molecule has 0 aromatic heterocycles. The lowest BCUT2D eigenvalue weighted by Crippen LogP contribution is -2.15. The Hall–Kier alpha value is -1.95. The molecule has 0 unspecified atom stereocenters. The summed E-state index contributed by atoms with van der Waals surface area (Å²) in [4.78, 5) is 11.2. The van der Waals surface area contributed by atoms with E-state index in [2.05, 4.69) is 19.1 Å². The van der Waals surface area contributed by atoms with Gasteiger partial charge < -0.3 is 61.6 Å². The molecule has 0 saturated heterocycles. The Kier molecular flexibility index (Phi) is 41.1. The molecule has 0 aliphatic rings. The van der Waals surface area contributed by atoms with Crippen molar-refractivity contribution in [3.05, 3.63) is 29.8 Å². The predicted octanol–water partition coefficient (Wildman–Crippen LogP) is 5.49. The summed E-state index contributed by atoms with van der Waals surface area (Å²) < 4.78 is 71.2. The van der Waals surface area contributed by atoms with E-state index in [0.29, 0.717) is 158 Å². The number of ether oxygens (including phenoxy) is 13. The van der Waals surface area contributed by atoms with E-state index in [0.717, 1.165) is 18.6 Å². The van der Waals surface area contributed by atoms with E-state index in [1.807, 2.05) is 19.1 Å². The van der Waals surface area contributed by atoms with E-state index in [1.54, 1.807) is 0 Å². The summed E-state index contributed by atoms with van der Waals surface area (Å²) in [5, 5.41) is 0. The molecule has 328 valence electrons. The number of aryl methyl sites for hydroxylation is 1. The summed E-state index contributed by atoms with van der Waals surface area (Å²) in [5.74, 6) is 0.693. The number of hydrogen-bond acceptors (Lipinski definition) is 14. The number of unbranched alkanes of at least 4 members (excludes halogenated alkanes) is 5. The summed E-state index contributed by atoms with van der Waals surface area (Å²) >= 11 is 0. The number of carbonyl (C=O) groups is 1. The first-order valence-corrected chi connectivity index (χ1v) is 21.0. The molecule has 56 heavy (non-hydrogen) atoms. The zero-order chi connectivity index (χ0) is 40.1. The van der Waals surface area contributed by atoms with E-state index >= 15 is 0 Å². The minimum Gasteiger partial charge on any atom is -0.491 e. The topological polar surface area (TPSA) is 137 Å². The fraction of sp³-hybridized carbons (Fsp3) is 0.833. The third kappa shape index (κ3) is 38.9. The Labute approximate surface area is 337 Å². The molecule has 0 atom stereocenters. The average Bonchev–Trinajstić information content (AvgIpc) is 3.21. The molecule has 0 aliphatic heterocycles. The van der Waals surface area contributed by atoms with Crippen LogP contribution in [0, 0.1) is 0 Å². The number of esters is 1. The van der Waals surface area contributed by atoms with Gasteiger partial charge in [0.25, 0.3) is 0 Å². The van der Waals surface area contributed by atoms with Crippen molar-refractivity contribution in [2.24, 2.45) is 0 Å². The molecule has 1 aromatic carbocycles. The lowest BCUT2D eigenvalue weighted by Gasteiger charge is -2.09. The zero-order valence-electron chi connectivity index (χ0n) is 34.9. The van der Waals surface area contributed by atoms with Crippen molar-refractivity contribution in [1.29, 1.82) is 0 Å². The van der Waals surface area contributed by atoms with Crippen LogP contribution in [0.1, 0.15) is 70.8 Å². The molecule has 0 saturated carbocycles. The Balaban J connectivity index is 1.67. The van der Waals surface area contributed by atoms with Gasteiger partial charge in [-0.15, -0.1) is 0 Å². The van der Waals surface area contributed by atoms with Crippen LogP contribution in [0.25, 0.3) is 0 Å². The van der Waals surface area contributed by atoms with Gasteiger partial charge in [-0.05, 0) is 37.0 Å². The summed E-state index contributed by atoms with van der Waals surface area (Å²) in [6.07, 6.45) is 10.3. The second-order valence-corrected chi connectivity index (χ2v) is 12.7. The second kappa shape index (κ2) is 44.2. The molecule has 0 amide bonds. The van der Waals surface area contributed by atoms with Crippen LogP contribution in [0.3, 0.4) is 0 Å². The number of rotatable bonds is 46. The van der Waals surface area contributed by atoms with Gasteiger partial charge in [-0.1, -0.05) is 58.1 Å². The first kappa shape index (κ1) is 52.1. The zero-order valence-corrected chi connectivity index (χ0v) is 34.9. The van der Waals surface area contributed by atoms with Gasteiger partial charge in [0.1, 0.15) is 19.0 Å². The lowest BCUT2D eigenvalue weighted by molar-refractivity contribution is -0.145. The molecule has 0 fully saturated rings. The summed E-state index contributed by atoms with van der Waals surface area (Å²) in [5.41, 5.74) is 1.37. The van der Waals surface area contributed by atoms with Gasteiger partial charge in [-0.3, -0.25) is 4.79 Å². The van der Waals surface area contributed by atoms with Crippen LogP contribution in [0.2, 0.25) is 0 Å². The largest absolute Gasteiger partial charge is 0.491 e. The van der Waals surface area contributed by atoms with Crippen molar-refractivity contribution in [3.63, 3.8) is 0 Å². The number of benzene rings is 1. The van der Waals surface area contributed by atoms with Gasteiger partial charge in [0, 0.05) is 6.42 Å². The van der Waals surface area contributed by atoms with Crippen molar-refractivity contribution in [1.82, 2.24) is 0 Å². The quantitative estimate of drug-likeness (QED) is 0.0607. The number of carbonyl (C=O) groups excluding carboxylic acids is 1. The standard InChI is InChI=1S/C42H76O14/c1-3-5-6-7-8-9-11-40-12-14-41(15-13-40)55-38-36-53-34-32-51-30-28-49-26-24-47-22-20-45-18-16-44-17-19-46-21-23-48-25-27-50-29-31-52-33-35-54-37-39-56-42(43)10-4-2/h12-15H,3-11,16-39H2,1-2H3. The third-order valence-corrected chi connectivity index (χ3v) is 7.90. The third-order valence-electron chi connectivity index (χ3n) is 7.90. The number of hydrogen-bond donors (Lipinski definition) is 0. The van der Waals surface area contributed by atoms with Crippen LogP contribution in [0.15, 0.2) is 24.3 Å². The van der Waals surface area contributed by atoms with E-state index in [-0.39, 0.29) is 12.6 Å². The molecule has 0 spiro atoms. The van der Waals surface area contributed by atoms with Gasteiger partial charge in [-0.2, -0.15) is 0 Å². The first-order chi connectivity index (χ1) is 27.8. The Morgan fingerprint density at radius 1 is 0.375 bits per heavy atom. The van der Waals surface area contributed by atoms with E-state index in [4.69, 9.17) is 61.6 Å². The maximum atomic E-state index is 11.2. The summed E-state index contributed by atoms with van der Waals surface area (Å²) in [6, 6.07) is 8.43. The van der Waals surface area contributed by atoms with E-state index in [9.17, 15) is 4.79 Å². The molecular weight excluding hydrogens is 728 g/mol. The molecule has 0 heterocycles. The van der Waals surface area contributed by atoms with Crippen molar-refractivity contribution >= 4 is 5.97 Å². The van der Waals surface area contributed by atoms with Crippen molar-refractivity contribution < 1.29 is 66.4 Å². The highest BCUT2D eigenvalue weighted by atomic mass is 16.6. The second-order valence-electron chi connectivity index (χ2n) is 12.7. The highest BCUT2D eigenvalue weighted by molar-refractivity contribution is 5.69. The van der Waals surface area contributed by atoms with Crippen LogP contribution in [-0.4, -0.2) is 165 Å². The predicted molar refractivity (Wildman–Crippen MR) is 214 cm³/mol. The maximum absolute atomic E-state index is 11.2. The lowest BCUT2D eigenvalue weighted by atomic mass is 10.0. The van der Waals surface area contributed by atoms with Gasteiger partial charge in [0.05, 0.1) is 145 Å². The highest BCUT2D eigenvalue weighted by Gasteiger charge is 2.01. The minimum absolute atomic E-state index is 0.189. The van der Waals surface area contributed by atoms with Crippen molar-refractivity contribution in [2.75, 3.05) is 159 Å². The molecule has 0 radical (unpaired) electrons. The summed E-state index contributed by atoms with van der Waals surface area (Å²) in [6.45, 7) is 15.8. The van der Waals surface area contributed by atoms with Crippen LogP contribution in [0.4, 0.5) is 0 Å². The first-order valence-electron chi connectivity index (χ1n) is 21.0. The van der Waals surface area contributed by atoms with Gasteiger partial charge in [-0.25, -0.2) is 0 Å². The molecule has 1 rings (SSSR count). The minimum atomic E-state index is -0.189. The van der Waals surface area contributed by atoms with Gasteiger partial charge in [0.15, 0.2) is 0 Å². The van der Waals surface area contributed by atoms with Crippen LogP contribution >= 0.6 is 0 Å². The molecule has 14 nitrogen and oxygen atoms in total. The van der Waals surface area contributed by atoms with Crippen LogP contribution < -0.4 is 4.74 Å². The maximum Gasteiger partial charge on any atom is 0.305 e. The van der Waals surface area contributed by atoms with Gasteiger partial charge in [0.2, 0.25) is 0 Å². The Bertz CT molecular complexity index is 923. The summed E-state index contributed by atoms with van der Waals surface area (Å²) in [7, 11) is 0. The fourth-order valence-electron chi connectivity index (χ4n) is 4.87. The van der Waals surface area contributed by atoms with E-state index < -0.39 is 0 Å². The fourth-order valence-corrected chi connectivity index (χ4v) is 4.87. The molecular formula is C42H76O14. The van der Waals surface area contributed by atoms with Crippen molar-refractivity contribution in [2.45, 2.75) is 71.6 Å². The Morgan fingerprint density at radius 2 is 0.696 bits per heavy atom. The normalized spacial score (nSPS) is 11.4. The monoisotopic (exact) mass is 805 g/mol.